The second-order valence-electron chi connectivity index (χ2n) is 5.59. The van der Waals surface area contributed by atoms with Crippen LogP contribution in [0.3, 0.4) is 0 Å². The van der Waals surface area contributed by atoms with Crippen LogP contribution >= 0.6 is 35.3 Å². The van der Waals surface area contributed by atoms with E-state index >= 15 is 0 Å². The molecule has 5 nitrogen and oxygen atoms in total. The monoisotopic (exact) mass is 453 g/mol. The number of nitrogens with one attached hydrogen (secondary N) is 2. The van der Waals surface area contributed by atoms with Crippen LogP contribution in [0.2, 0.25) is 0 Å². The molecule has 0 saturated carbocycles. The Morgan fingerprint density at radius 2 is 1.96 bits per heavy atom. The molecule has 134 valence electrons. The van der Waals surface area contributed by atoms with Gasteiger partial charge in [0.05, 0.1) is 12.2 Å². The van der Waals surface area contributed by atoms with E-state index < -0.39 is 0 Å². The fourth-order valence-electron chi connectivity index (χ4n) is 2.19. The van der Waals surface area contributed by atoms with Crippen LogP contribution in [0.5, 0.6) is 0 Å². The van der Waals surface area contributed by atoms with E-state index in [2.05, 4.69) is 60.1 Å². The molecule has 23 heavy (non-hydrogen) atoms. The Labute approximate surface area is 162 Å². The minimum absolute atomic E-state index is 0. The number of nitrogens with zero attached hydrogens (tertiary/aromatic N) is 3. The van der Waals surface area contributed by atoms with E-state index in [9.17, 15) is 0 Å². The molecular formula is C16H32IN5S. The molecule has 0 saturated heterocycles. The van der Waals surface area contributed by atoms with Gasteiger partial charge in [0.15, 0.2) is 5.96 Å². The molecule has 1 rings (SSSR count). The third-order valence-electron chi connectivity index (χ3n) is 3.62. The zero-order valence-corrected chi connectivity index (χ0v) is 18.4. The van der Waals surface area contributed by atoms with Crippen molar-refractivity contribution in [3.05, 3.63) is 15.6 Å². The Morgan fingerprint density at radius 3 is 2.43 bits per heavy atom. The van der Waals surface area contributed by atoms with Gasteiger partial charge >= 0.3 is 0 Å². The summed E-state index contributed by atoms with van der Waals surface area (Å²) in [6, 6.07) is 0.576. The lowest BCUT2D eigenvalue weighted by atomic mass is 10.3. The number of guanidine groups is 1. The van der Waals surface area contributed by atoms with Crippen molar-refractivity contribution in [2.45, 2.75) is 54.1 Å². The third-order valence-corrected chi connectivity index (χ3v) is 4.68. The Kier molecular flexibility index (Phi) is 11.8. The van der Waals surface area contributed by atoms with Gasteiger partial charge in [-0.3, -0.25) is 4.90 Å². The maximum absolute atomic E-state index is 4.63. The first-order chi connectivity index (χ1) is 10.5. The van der Waals surface area contributed by atoms with Crippen LogP contribution in [-0.4, -0.2) is 48.1 Å². The summed E-state index contributed by atoms with van der Waals surface area (Å²) >= 11 is 1.73. The lowest BCUT2D eigenvalue weighted by Gasteiger charge is -2.25. The smallest absolute Gasteiger partial charge is 0.191 e. The minimum Gasteiger partial charge on any atom is -0.357 e. The lowest BCUT2D eigenvalue weighted by molar-refractivity contribution is 0.237. The first-order valence-corrected chi connectivity index (χ1v) is 8.98. The van der Waals surface area contributed by atoms with Crippen molar-refractivity contribution in [1.82, 2.24) is 20.5 Å². The second kappa shape index (κ2) is 12.0. The summed E-state index contributed by atoms with van der Waals surface area (Å²) < 4.78 is 0. The average Bonchev–Trinajstić information content (AvgIpc) is 2.79. The van der Waals surface area contributed by atoms with Crippen molar-refractivity contribution in [2.24, 2.45) is 4.99 Å². The number of likely N-dealkylation sites (N-methyl/N-ethyl adjacent to an activating group) is 1. The number of rotatable bonds is 8. The van der Waals surface area contributed by atoms with Crippen molar-refractivity contribution in [3.63, 3.8) is 0 Å². The molecular weight excluding hydrogens is 421 g/mol. The van der Waals surface area contributed by atoms with Crippen LogP contribution in [0, 0.1) is 13.8 Å². The van der Waals surface area contributed by atoms with Gasteiger partial charge in [-0.05, 0) is 41.2 Å². The number of aryl methyl sites for hydroxylation is 2. The normalized spacial score (nSPS) is 11.7. The molecule has 0 bridgehead atoms. The molecule has 0 aromatic carbocycles. The van der Waals surface area contributed by atoms with Gasteiger partial charge in [0, 0.05) is 30.6 Å². The highest BCUT2D eigenvalue weighted by atomic mass is 127. The maximum atomic E-state index is 4.63. The molecule has 7 heteroatoms. The zero-order valence-electron chi connectivity index (χ0n) is 15.3. The van der Waals surface area contributed by atoms with Crippen molar-refractivity contribution in [2.75, 3.05) is 26.2 Å². The van der Waals surface area contributed by atoms with Crippen molar-refractivity contribution < 1.29 is 0 Å². The van der Waals surface area contributed by atoms with Crippen molar-refractivity contribution in [1.29, 1.82) is 0 Å². The second-order valence-corrected chi connectivity index (χ2v) is 6.88. The van der Waals surface area contributed by atoms with Crippen LogP contribution in [0.15, 0.2) is 4.99 Å². The van der Waals surface area contributed by atoms with E-state index in [4.69, 9.17) is 0 Å². The molecule has 0 aliphatic rings. The SMILES string of the molecule is CCNC(=NCc1nc(C)c(C)s1)NCCN(CC)C(C)C.I. The molecule has 2 N–H and O–H groups in total. The van der Waals surface area contributed by atoms with E-state index in [1.807, 2.05) is 6.92 Å². The largest absolute Gasteiger partial charge is 0.357 e. The molecule has 0 fully saturated rings. The number of hydrogen-bond donors (Lipinski definition) is 2. The van der Waals surface area contributed by atoms with Gasteiger partial charge in [0.2, 0.25) is 0 Å². The Morgan fingerprint density at radius 1 is 1.26 bits per heavy atom. The van der Waals surface area contributed by atoms with Crippen LogP contribution in [-0.2, 0) is 6.54 Å². The zero-order chi connectivity index (χ0) is 16.5. The van der Waals surface area contributed by atoms with Gasteiger partial charge in [-0.2, -0.15) is 0 Å². The summed E-state index contributed by atoms with van der Waals surface area (Å²) in [7, 11) is 0. The van der Waals surface area contributed by atoms with Gasteiger partial charge in [-0.1, -0.05) is 6.92 Å². The summed E-state index contributed by atoms with van der Waals surface area (Å²) in [5, 5.41) is 7.77. The quantitative estimate of drug-likeness (QED) is 0.361. The summed E-state index contributed by atoms with van der Waals surface area (Å²) in [4.78, 5) is 12.9. The topological polar surface area (TPSA) is 52.6 Å². The predicted molar refractivity (Wildman–Crippen MR) is 112 cm³/mol. The summed E-state index contributed by atoms with van der Waals surface area (Å²) in [5.41, 5.74) is 1.11. The van der Waals surface area contributed by atoms with Crippen LogP contribution in [0.25, 0.3) is 0 Å². The molecule has 1 aromatic heterocycles. The highest BCUT2D eigenvalue weighted by Gasteiger charge is 2.07. The Hall–Kier alpha value is -0.410. The lowest BCUT2D eigenvalue weighted by Crippen LogP contribution is -2.43. The number of aromatic nitrogens is 1. The summed E-state index contributed by atoms with van der Waals surface area (Å²) in [6.45, 7) is 17.4. The highest BCUT2D eigenvalue weighted by Crippen LogP contribution is 2.16. The van der Waals surface area contributed by atoms with Gasteiger partial charge in [0.25, 0.3) is 0 Å². The van der Waals surface area contributed by atoms with E-state index in [1.165, 1.54) is 4.88 Å². The number of halogens is 1. The van der Waals surface area contributed by atoms with Gasteiger partial charge in [0.1, 0.15) is 5.01 Å². The number of thiazole rings is 1. The molecule has 0 amide bonds. The standard InChI is InChI=1S/C16H31N5S.HI/c1-7-17-16(18-9-10-21(8-2)12(3)4)19-11-15-20-13(5)14(6)22-15;/h12H,7-11H2,1-6H3,(H2,17,18,19);1H. The fourth-order valence-corrected chi connectivity index (χ4v) is 3.05. The molecule has 0 aliphatic heterocycles. The van der Waals surface area contributed by atoms with Crippen LogP contribution in [0.1, 0.15) is 43.3 Å². The first kappa shape index (κ1) is 22.6. The third kappa shape index (κ3) is 8.30. The minimum atomic E-state index is 0. The van der Waals surface area contributed by atoms with E-state index in [0.29, 0.717) is 12.6 Å². The average molecular weight is 453 g/mol. The van der Waals surface area contributed by atoms with Crippen LogP contribution < -0.4 is 10.6 Å². The maximum Gasteiger partial charge on any atom is 0.191 e. The molecule has 0 radical (unpaired) electrons. The van der Waals surface area contributed by atoms with Gasteiger partial charge < -0.3 is 10.6 Å². The van der Waals surface area contributed by atoms with Gasteiger partial charge in [-0.15, -0.1) is 35.3 Å². The highest BCUT2D eigenvalue weighted by molar-refractivity contribution is 14.0. The summed E-state index contributed by atoms with van der Waals surface area (Å²) in [5.74, 6) is 0.868. The van der Waals surface area contributed by atoms with Gasteiger partial charge in [-0.25, -0.2) is 9.98 Å². The first-order valence-electron chi connectivity index (χ1n) is 8.17. The molecule has 0 aliphatic carbocycles. The molecule has 0 atom stereocenters. The Bertz CT molecular complexity index is 454. The fraction of sp³-hybridized carbons (Fsp3) is 0.750. The van der Waals surface area contributed by atoms with Crippen molar-refractivity contribution in [3.8, 4) is 0 Å². The predicted octanol–water partition coefficient (Wildman–Crippen LogP) is 3.16. The van der Waals surface area contributed by atoms with E-state index in [-0.39, 0.29) is 24.0 Å². The number of hydrogen-bond acceptors (Lipinski definition) is 4. The van der Waals surface area contributed by atoms with Crippen molar-refractivity contribution >= 4 is 41.3 Å². The summed E-state index contributed by atoms with van der Waals surface area (Å²) in [6.07, 6.45) is 0. The molecule has 0 unspecified atom stereocenters. The van der Waals surface area contributed by atoms with E-state index in [0.717, 1.165) is 42.8 Å². The Balaban J connectivity index is 0.00000484. The number of aliphatic imine (C=N–C) groups is 1. The molecule has 0 spiro atoms. The molecule has 1 aromatic rings. The van der Waals surface area contributed by atoms with E-state index in [1.54, 1.807) is 11.3 Å². The van der Waals surface area contributed by atoms with Crippen LogP contribution in [0.4, 0.5) is 0 Å². The molecule has 1 heterocycles.